The molecule has 0 aliphatic carbocycles. The van der Waals surface area contributed by atoms with Crippen molar-refractivity contribution in [3.63, 3.8) is 0 Å². The predicted molar refractivity (Wildman–Crippen MR) is 58.1 cm³/mol. The molecule has 88 valence electrons. The van der Waals surface area contributed by atoms with E-state index in [0.717, 1.165) is 0 Å². The molecule has 1 aliphatic rings. The van der Waals surface area contributed by atoms with Crippen molar-refractivity contribution in [2.24, 2.45) is 0 Å². The molecule has 0 aromatic carbocycles. The summed E-state index contributed by atoms with van der Waals surface area (Å²) in [6.07, 6.45) is 0.578. The number of halogens is 1. The number of rotatable bonds is 3. The number of ether oxygens (including phenoxy) is 1. The lowest BCUT2D eigenvalue weighted by Crippen LogP contribution is -2.37. The fourth-order valence-corrected chi connectivity index (χ4v) is 1.59. The molecule has 7 nitrogen and oxygen atoms in total. The van der Waals surface area contributed by atoms with Crippen molar-refractivity contribution in [2.45, 2.75) is 12.0 Å². The van der Waals surface area contributed by atoms with Crippen molar-refractivity contribution in [1.29, 1.82) is 0 Å². The van der Waals surface area contributed by atoms with Gasteiger partial charge in [-0.15, -0.1) is 0 Å². The number of aromatic nitrogens is 3. The Labute approximate surface area is 97.0 Å². The SMILES string of the molecule is Nc1nc(Cl)nc(NCC2(O)CCOC2)n1. The Balaban J connectivity index is 1.98. The molecule has 0 saturated carbocycles. The van der Waals surface area contributed by atoms with Crippen LogP contribution in [0.5, 0.6) is 0 Å². The monoisotopic (exact) mass is 245 g/mol. The van der Waals surface area contributed by atoms with E-state index < -0.39 is 5.60 Å². The maximum atomic E-state index is 9.97. The van der Waals surface area contributed by atoms with Gasteiger partial charge >= 0.3 is 0 Å². The third-order valence-corrected chi connectivity index (χ3v) is 2.45. The molecule has 1 fully saturated rings. The summed E-state index contributed by atoms with van der Waals surface area (Å²) in [7, 11) is 0. The number of nitrogens with one attached hydrogen (secondary N) is 1. The quantitative estimate of drug-likeness (QED) is 0.669. The summed E-state index contributed by atoms with van der Waals surface area (Å²) >= 11 is 5.61. The topological polar surface area (TPSA) is 106 Å². The molecular weight excluding hydrogens is 234 g/mol. The minimum absolute atomic E-state index is 0.0182. The van der Waals surface area contributed by atoms with Crippen LogP contribution in [0, 0.1) is 0 Å². The Hall–Kier alpha value is -1.18. The first-order valence-electron chi connectivity index (χ1n) is 4.78. The fourth-order valence-electron chi connectivity index (χ4n) is 1.42. The van der Waals surface area contributed by atoms with Gasteiger partial charge in [0.15, 0.2) is 0 Å². The molecule has 2 heterocycles. The average molecular weight is 246 g/mol. The summed E-state index contributed by atoms with van der Waals surface area (Å²) in [4.78, 5) is 11.3. The lowest BCUT2D eigenvalue weighted by atomic mass is 10.0. The van der Waals surface area contributed by atoms with Gasteiger partial charge in [0.1, 0.15) is 5.60 Å². The van der Waals surface area contributed by atoms with Crippen LogP contribution in [0.2, 0.25) is 5.28 Å². The molecule has 1 aromatic heterocycles. The molecule has 1 unspecified atom stereocenters. The summed E-state index contributed by atoms with van der Waals surface area (Å²) in [6, 6.07) is 0. The second-order valence-corrected chi connectivity index (χ2v) is 4.00. The normalized spacial score (nSPS) is 24.6. The Bertz CT molecular complexity index is 362. The average Bonchev–Trinajstić information content (AvgIpc) is 2.62. The summed E-state index contributed by atoms with van der Waals surface area (Å²) in [5.74, 6) is 0.287. The van der Waals surface area contributed by atoms with Crippen LogP contribution >= 0.6 is 11.6 Å². The lowest BCUT2D eigenvalue weighted by Gasteiger charge is -2.20. The van der Waals surface area contributed by atoms with E-state index >= 15 is 0 Å². The zero-order chi connectivity index (χ0) is 11.6. The van der Waals surface area contributed by atoms with Gasteiger partial charge in [0, 0.05) is 19.6 Å². The second kappa shape index (κ2) is 4.36. The Morgan fingerprint density at radius 3 is 2.94 bits per heavy atom. The van der Waals surface area contributed by atoms with Gasteiger partial charge in [0.05, 0.1) is 6.61 Å². The molecule has 1 aliphatic heterocycles. The minimum Gasteiger partial charge on any atom is -0.386 e. The molecule has 0 radical (unpaired) electrons. The van der Waals surface area contributed by atoms with Gasteiger partial charge in [-0.1, -0.05) is 0 Å². The van der Waals surface area contributed by atoms with E-state index in [1.807, 2.05) is 0 Å². The first kappa shape index (κ1) is 11.3. The summed E-state index contributed by atoms with van der Waals surface area (Å²) in [6.45, 7) is 1.14. The molecule has 0 amide bonds. The number of nitrogen functional groups attached to an aromatic ring is 1. The molecule has 4 N–H and O–H groups in total. The number of hydrogen-bond acceptors (Lipinski definition) is 7. The Kier molecular flexibility index (Phi) is 3.08. The van der Waals surface area contributed by atoms with Crippen LogP contribution in [0.3, 0.4) is 0 Å². The van der Waals surface area contributed by atoms with Crippen LogP contribution in [-0.2, 0) is 4.74 Å². The molecular formula is C8H12ClN5O2. The van der Waals surface area contributed by atoms with Gasteiger partial charge in [-0.3, -0.25) is 0 Å². The van der Waals surface area contributed by atoms with Crippen molar-refractivity contribution >= 4 is 23.5 Å². The van der Waals surface area contributed by atoms with Crippen LogP contribution < -0.4 is 11.1 Å². The van der Waals surface area contributed by atoms with Crippen LogP contribution in [0.25, 0.3) is 0 Å². The van der Waals surface area contributed by atoms with Crippen molar-refractivity contribution in [1.82, 2.24) is 15.0 Å². The van der Waals surface area contributed by atoms with E-state index in [2.05, 4.69) is 20.3 Å². The lowest BCUT2D eigenvalue weighted by molar-refractivity contribution is 0.0380. The van der Waals surface area contributed by atoms with E-state index in [9.17, 15) is 5.11 Å². The molecule has 0 bridgehead atoms. The highest BCUT2D eigenvalue weighted by Gasteiger charge is 2.32. The van der Waals surface area contributed by atoms with Gasteiger partial charge in [0.25, 0.3) is 0 Å². The Morgan fingerprint density at radius 2 is 2.31 bits per heavy atom. The maximum Gasteiger partial charge on any atom is 0.228 e. The molecule has 0 spiro atoms. The highest BCUT2D eigenvalue weighted by molar-refractivity contribution is 6.28. The van der Waals surface area contributed by atoms with Crippen LogP contribution in [0.4, 0.5) is 11.9 Å². The zero-order valence-electron chi connectivity index (χ0n) is 8.48. The summed E-state index contributed by atoms with van der Waals surface area (Å²) in [5.41, 5.74) is 4.52. The van der Waals surface area contributed by atoms with Crippen molar-refractivity contribution in [3.05, 3.63) is 5.28 Å². The van der Waals surface area contributed by atoms with Crippen molar-refractivity contribution < 1.29 is 9.84 Å². The van der Waals surface area contributed by atoms with Crippen molar-refractivity contribution in [2.75, 3.05) is 30.8 Å². The molecule has 8 heteroatoms. The summed E-state index contributed by atoms with van der Waals surface area (Å²) in [5, 5.41) is 12.8. The number of nitrogens with two attached hydrogens (primary N) is 1. The number of hydrogen-bond donors (Lipinski definition) is 3. The van der Waals surface area contributed by atoms with E-state index in [4.69, 9.17) is 22.1 Å². The standard InChI is InChI=1S/C8H12ClN5O2/c9-5-12-6(10)14-7(13-5)11-3-8(15)1-2-16-4-8/h15H,1-4H2,(H3,10,11,12,13,14). The molecule has 16 heavy (non-hydrogen) atoms. The number of nitrogens with zero attached hydrogens (tertiary/aromatic N) is 3. The van der Waals surface area contributed by atoms with Gasteiger partial charge in [0.2, 0.25) is 17.2 Å². The second-order valence-electron chi connectivity index (χ2n) is 3.67. The summed E-state index contributed by atoms with van der Waals surface area (Å²) < 4.78 is 5.10. The first-order valence-corrected chi connectivity index (χ1v) is 5.16. The molecule has 1 atom stereocenters. The van der Waals surface area contributed by atoms with E-state index in [0.29, 0.717) is 19.6 Å². The highest BCUT2D eigenvalue weighted by Crippen LogP contribution is 2.18. The predicted octanol–water partition coefficient (Wildman–Crippen LogP) is -0.330. The fraction of sp³-hybridized carbons (Fsp3) is 0.625. The minimum atomic E-state index is -0.881. The van der Waals surface area contributed by atoms with Gasteiger partial charge in [-0.2, -0.15) is 15.0 Å². The Morgan fingerprint density at radius 1 is 1.50 bits per heavy atom. The van der Waals surface area contributed by atoms with Crippen LogP contribution in [0.1, 0.15) is 6.42 Å². The molecule has 1 aromatic rings. The van der Waals surface area contributed by atoms with Crippen LogP contribution in [-0.4, -0.2) is 45.4 Å². The zero-order valence-corrected chi connectivity index (χ0v) is 9.24. The largest absolute Gasteiger partial charge is 0.386 e. The van der Waals surface area contributed by atoms with Gasteiger partial charge in [-0.05, 0) is 11.6 Å². The highest BCUT2D eigenvalue weighted by atomic mass is 35.5. The van der Waals surface area contributed by atoms with Crippen LogP contribution in [0.15, 0.2) is 0 Å². The van der Waals surface area contributed by atoms with E-state index in [1.165, 1.54) is 0 Å². The van der Waals surface area contributed by atoms with E-state index in [1.54, 1.807) is 0 Å². The first-order chi connectivity index (χ1) is 7.57. The number of aliphatic hydroxyl groups is 1. The maximum absolute atomic E-state index is 9.97. The third-order valence-electron chi connectivity index (χ3n) is 2.28. The third kappa shape index (κ3) is 2.69. The molecule has 2 rings (SSSR count). The molecule has 1 saturated heterocycles. The van der Waals surface area contributed by atoms with Crippen molar-refractivity contribution in [3.8, 4) is 0 Å². The van der Waals surface area contributed by atoms with Gasteiger partial charge < -0.3 is 20.9 Å². The van der Waals surface area contributed by atoms with E-state index in [-0.39, 0.29) is 23.7 Å². The number of anilines is 2. The van der Waals surface area contributed by atoms with Gasteiger partial charge in [-0.25, -0.2) is 0 Å². The smallest absolute Gasteiger partial charge is 0.228 e.